The molecule has 0 aliphatic heterocycles. The van der Waals surface area contributed by atoms with Crippen LogP contribution in [0.4, 0.5) is 0 Å². The molecule has 19 heavy (non-hydrogen) atoms. The molecule has 5 nitrogen and oxygen atoms in total. The third-order valence-corrected chi connectivity index (χ3v) is 3.62. The summed E-state index contributed by atoms with van der Waals surface area (Å²) in [6.07, 6.45) is -0.0841. The number of carboxylic acid groups (broad SMARTS) is 1. The van der Waals surface area contributed by atoms with Crippen LogP contribution in [0.5, 0.6) is 5.75 Å². The van der Waals surface area contributed by atoms with Crippen molar-refractivity contribution >= 4 is 21.9 Å². The molecule has 1 N–H and O–H groups in total. The van der Waals surface area contributed by atoms with Crippen LogP contribution in [0, 0.1) is 0 Å². The van der Waals surface area contributed by atoms with Gasteiger partial charge in [0.15, 0.2) is 0 Å². The molecule has 0 unspecified atom stereocenters. The number of aliphatic carboxylic acids is 1. The third kappa shape index (κ3) is 2.63. The minimum absolute atomic E-state index is 0.0841. The number of benzene rings is 1. The SMILES string of the molecule is COc1ccccc1-c1nn(C)c(CC(=O)O)c1Br. The standard InChI is InChI=1S/C13H13BrN2O3/c1-16-9(7-11(17)18)12(14)13(15-16)8-5-3-4-6-10(8)19-2/h3-6H,7H2,1-2H3,(H,17,18). The Morgan fingerprint density at radius 3 is 2.79 bits per heavy atom. The zero-order valence-corrected chi connectivity index (χ0v) is 12.1. The molecular weight excluding hydrogens is 312 g/mol. The number of aromatic nitrogens is 2. The molecule has 0 amide bonds. The largest absolute Gasteiger partial charge is 0.496 e. The first-order valence-corrected chi connectivity index (χ1v) is 6.40. The Morgan fingerprint density at radius 2 is 2.16 bits per heavy atom. The van der Waals surface area contributed by atoms with Crippen LogP contribution in [0.1, 0.15) is 5.69 Å². The van der Waals surface area contributed by atoms with Gasteiger partial charge in [0.2, 0.25) is 0 Å². The highest BCUT2D eigenvalue weighted by atomic mass is 79.9. The molecule has 2 aromatic rings. The van der Waals surface area contributed by atoms with Crippen molar-refractivity contribution < 1.29 is 14.6 Å². The Morgan fingerprint density at radius 1 is 1.47 bits per heavy atom. The Balaban J connectivity index is 2.55. The van der Waals surface area contributed by atoms with Gasteiger partial charge >= 0.3 is 5.97 Å². The van der Waals surface area contributed by atoms with Gasteiger partial charge in [0.05, 0.1) is 23.7 Å². The highest BCUT2D eigenvalue weighted by Crippen LogP contribution is 2.35. The fraction of sp³-hybridized carbons (Fsp3) is 0.231. The van der Waals surface area contributed by atoms with Crippen LogP contribution in [0.25, 0.3) is 11.3 Å². The summed E-state index contributed by atoms with van der Waals surface area (Å²) in [6, 6.07) is 7.48. The van der Waals surface area contributed by atoms with E-state index in [4.69, 9.17) is 9.84 Å². The number of nitrogens with zero attached hydrogens (tertiary/aromatic N) is 2. The summed E-state index contributed by atoms with van der Waals surface area (Å²) in [5, 5.41) is 13.3. The van der Waals surface area contributed by atoms with E-state index in [1.807, 2.05) is 24.3 Å². The van der Waals surface area contributed by atoms with Gasteiger partial charge in [0.25, 0.3) is 0 Å². The Kier molecular flexibility index (Phi) is 3.90. The maximum absolute atomic E-state index is 10.9. The molecule has 100 valence electrons. The summed E-state index contributed by atoms with van der Waals surface area (Å²) in [4.78, 5) is 10.9. The van der Waals surface area contributed by atoms with Gasteiger partial charge in [-0.05, 0) is 28.1 Å². The zero-order chi connectivity index (χ0) is 14.0. The number of carbonyl (C=O) groups is 1. The highest BCUT2D eigenvalue weighted by Gasteiger charge is 2.19. The first-order chi connectivity index (χ1) is 9.04. The molecule has 2 rings (SSSR count). The van der Waals surface area contributed by atoms with E-state index >= 15 is 0 Å². The highest BCUT2D eigenvalue weighted by molar-refractivity contribution is 9.10. The van der Waals surface area contributed by atoms with Crippen molar-refractivity contribution in [2.75, 3.05) is 7.11 Å². The fourth-order valence-electron chi connectivity index (χ4n) is 1.88. The minimum Gasteiger partial charge on any atom is -0.496 e. The number of hydrogen-bond donors (Lipinski definition) is 1. The molecule has 0 spiro atoms. The second kappa shape index (κ2) is 5.44. The molecule has 1 aromatic carbocycles. The molecule has 0 saturated heterocycles. The van der Waals surface area contributed by atoms with Crippen LogP contribution in [-0.2, 0) is 18.3 Å². The number of para-hydroxylation sites is 1. The van der Waals surface area contributed by atoms with Crippen LogP contribution in [0.2, 0.25) is 0 Å². The van der Waals surface area contributed by atoms with Gasteiger partial charge in [0, 0.05) is 12.6 Å². The molecule has 6 heteroatoms. The number of carboxylic acids is 1. The Labute approximate surface area is 118 Å². The summed E-state index contributed by atoms with van der Waals surface area (Å²) < 4.78 is 7.55. The van der Waals surface area contributed by atoms with Gasteiger partial charge in [-0.25, -0.2) is 0 Å². The minimum atomic E-state index is -0.893. The van der Waals surface area contributed by atoms with Gasteiger partial charge in [0.1, 0.15) is 11.4 Å². The topological polar surface area (TPSA) is 64.4 Å². The van der Waals surface area contributed by atoms with E-state index in [1.54, 1.807) is 18.8 Å². The van der Waals surface area contributed by atoms with E-state index in [2.05, 4.69) is 21.0 Å². The molecule has 0 radical (unpaired) electrons. The average Bonchev–Trinajstić information content (AvgIpc) is 2.66. The molecule has 1 aromatic heterocycles. The Bertz CT molecular complexity index is 622. The summed E-state index contributed by atoms with van der Waals surface area (Å²) >= 11 is 3.43. The van der Waals surface area contributed by atoms with Crippen molar-refractivity contribution in [3.8, 4) is 17.0 Å². The Hall–Kier alpha value is -1.82. The molecule has 0 aliphatic carbocycles. The van der Waals surface area contributed by atoms with Crippen molar-refractivity contribution in [3.63, 3.8) is 0 Å². The summed E-state index contributed by atoms with van der Waals surface area (Å²) in [5.41, 5.74) is 2.12. The number of rotatable bonds is 4. The van der Waals surface area contributed by atoms with Crippen molar-refractivity contribution in [1.82, 2.24) is 9.78 Å². The maximum atomic E-state index is 10.9. The van der Waals surface area contributed by atoms with E-state index in [-0.39, 0.29) is 6.42 Å². The van der Waals surface area contributed by atoms with E-state index in [1.165, 1.54) is 0 Å². The smallest absolute Gasteiger partial charge is 0.309 e. The lowest BCUT2D eigenvalue weighted by molar-refractivity contribution is -0.136. The molecule has 0 aliphatic rings. The maximum Gasteiger partial charge on any atom is 0.309 e. The molecule has 0 atom stereocenters. The summed E-state index contributed by atoms with van der Waals surface area (Å²) in [5.74, 6) is -0.196. The third-order valence-electron chi connectivity index (χ3n) is 2.78. The van der Waals surface area contributed by atoms with E-state index in [9.17, 15) is 4.79 Å². The normalized spacial score (nSPS) is 10.5. The second-order valence-corrected chi connectivity index (χ2v) is 4.80. The van der Waals surface area contributed by atoms with Gasteiger partial charge in [-0.3, -0.25) is 9.48 Å². The van der Waals surface area contributed by atoms with E-state index in [0.29, 0.717) is 21.6 Å². The van der Waals surface area contributed by atoms with Crippen molar-refractivity contribution in [2.45, 2.75) is 6.42 Å². The van der Waals surface area contributed by atoms with E-state index in [0.717, 1.165) is 5.56 Å². The number of methoxy groups -OCH3 is 1. The van der Waals surface area contributed by atoms with Gasteiger partial charge < -0.3 is 9.84 Å². The molecule has 0 bridgehead atoms. The van der Waals surface area contributed by atoms with Crippen molar-refractivity contribution in [1.29, 1.82) is 0 Å². The van der Waals surface area contributed by atoms with Crippen LogP contribution in [0.3, 0.4) is 0 Å². The van der Waals surface area contributed by atoms with Crippen molar-refractivity contribution in [3.05, 3.63) is 34.4 Å². The average molecular weight is 325 g/mol. The predicted molar refractivity (Wildman–Crippen MR) is 74.2 cm³/mol. The zero-order valence-electron chi connectivity index (χ0n) is 10.6. The molecule has 0 saturated carbocycles. The van der Waals surface area contributed by atoms with Crippen LogP contribution in [-0.4, -0.2) is 28.0 Å². The van der Waals surface area contributed by atoms with Gasteiger partial charge in [-0.15, -0.1) is 0 Å². The number of halogens is 1. The quantitative estimate of drug-likeness (QED) is 0.938. The first kappa shape index (κ1) is 13.6. The molecule has 0 fully saturated rings. The molecular formula is C13H13BrN2O3. The fourth-order valence-corrected chi connectivity index (χ4v) is 2.57. The van der Waals surface area contributed by atoms with Crippen molar-refractivity contribution in [2.24, 2.45) is 7.05 Å². The summed E-state index contributed by atoms with van der Waals surface area (Å²) in [6.45, 7) is 0. The van der Waals surface area contributed by atoms with Crippen LogP contribution < -0.4 is 4.74 Å². The number of hydrogen-bond acceptors (Lipinski definition) is 3. The number of aryl methyl sites for hydroxylation is 1. The lowest BCUT2D eigenvalue weighted by atomic mass is 10.1. The van der Waals surface area contributed by atoms with Crippen LogP contribution >= 0.6 is 15.9 Å². The van der Waals surface area contributed by atoms with Gasteiger partial charge in [-0.1, -0.05) is 12.1 Å². The second-order valence-electron chi connectivity index (χ2n) is 4.00. The van der Waals surface area contributed by atoms with Gasteiger partial charge in [-0.2, -0.15) is 5.10 Å². The first-order valence-electron chi connectivity index (χ1n) is 5.61. The van der Waals surface area contributed by atoms with Crippen LogP contribution in [0.15, 0.2) is 28.7 Å². The monoisotopic (exact) mass is 324 g/mol. The summed E-state index contributed by atoms with van der Waals surface area (Å²) in [7, 11) is 3.32. The lowest BCUT2D eigenvalue weighted by Gasteiger charge is -2.05. The number of ether oxygens (including phenoxy) is 1. The lowest BCUT2D eigenvalue weighted by Crippen LogP contribution is -2.06. The predicted octanol–water partition coefficient (Wildman–Crippen LogP) is 2.49. The van der Waals surface area contributed by atoms with E-state index < -0.39 is 5.97 Å². The molecule has 1 heterocycles.